The van der Waals surface area contributed by atoms with Crippen LogP contribution in [0.1, 0.15) is 0 Å². The van der Waals surface area contributed by atoms with Crippen molar-refractivity contribution in [2.75, 3.05) is 7.11 Å². The van der Waals surface area contributed by atoms with Crippen molar-refractivity contribution >= 4 is 11.3 Å². The van der Waals surface area contributed by atoms with E-state index in [0.717, 1.165) is 26.6 Å². The van der Waals surface area contributed by atoms with E-state index in [9.17, 15) is 4.39 Å². The Bertz CT molecular complexity index is 733. The fourth-order valence-electron chi connectivity index (χ4n) is 2.07. The largest absolute Gasteiger partial charge is 0.497 e. The first-order valence-corrected chi connectivity index (χ1v) is 7.08. The molecule has 0 atom stereocenters. The Morgan fingerprint density at radius 2 is 1.50 bits per heavy atom. The maximum Gasteiger partial charge on any atom is 0.123 e. The second kappa shape index (κ2) is 5.47. The number of rotatable bonds is 3. The Morgan fingerprint density at radius 3 is 2.15 bits per heavy atom. The predicted molar refractivity (Wildman–Crippen MR) is 81.7 cm³/mol. The summed E-state index contributed by atoms with van der Waals surface area (Å²) >= 11 is 1.64. The smallest absolute Gasteiger partial charge is 0.123 e. The third kappa shape index (κ3) is 2.58. The van der Waals surface area contributed by atoms with Crippen LogP contribution < -0.4 is 4.74 Å². The topological polar surface area (TPSA) is 9.23 Å². The van der Waals surface area contributed by atoms with Crippen molar-refractivity contribution in [1.82, 2.24) is 0 Å². The quantitative estimate of drug-likeness (QED) is 0.640. The first kappa shape index (κ1) is 12.9. The van der Waals surface area contributed by atoms with Crippen molar-refractivity contribution in [3.8, 4) is 26.6 Å². The average molecular weight is 284 g/mol. The van der Waals surface area contributed by atoms with Crippen molar-refractivity contribution in [3.05, 3.63) is 66.5 Å². The maximum atomic E-state index is 13.3. The van der Waals surface area contributed by atoms with Crippen molar-refractivity contribution in [1.29, 1.82) is 0 Å². The highest BCUT2D eigenvalue weighted by Crippen LogP contribution is 2.35. The van der Waals surface area contributed by atoms with Crippen LogP contribution in [0.5, 0.6) is 5.75 Å². The molecule has 3 aromatic rings. The molecular weight excluding hydrogens is 271 g/mol. The highest BCUT2D eigenvalue weighted by molar-refractivity contribution is 7.18. The maximum absolute atomic E-state index is 13.3. The third-order valence-corrected chi connectivity index (χ3v) is 4.25. The number of benzene rings is 2. The van der Waals surface area contributed by atoms with Gasteiger partial charge in [0, 0.05) is 9.75 Å². The number of halogens is 1. The molecule has 100 valence electrons. The van der Waals surface area contributed by atoms with Crippen molar-refractivity contribution < 1.29 is 9.13 Å². The Morgan fingerprint density at radius 1 is 0.850 bits per heavy atom. The summed E-state index contributed by atoms with van der Waals surface area (Å²) in [6.45, 7) is 0. The molecule has 0 fully saturated rings. The lowest BCUT2D eigenvalue weighted by atomic mass is 10.1. The molecule has 1 aromatic heterocycles. The highest BCUT2D eigenvalue weighted by Gasteiger charge is 2.06. The summed E-state index contributed by atoms with van der Waals surface area (Å²) in [7, 11) is 1.66. The van der Waals surface area contributed by atoms with Gasteiger partial charge in [0.2, 0.25) is 0 Å². The van der Waals surface area contributed by atoms with E-state index in [1.807, 2.05) is 36.4 Å². The Hall–Kier alpha value is -2.13. The Kier molecular flexibility index (Phi) is 3.52. The van der Waals surface area contributed by atoms with E-state index in [1.54, 1.807) is 30.6 Å². The van der Waals surface area contributed by atoms with Crippen LogP contribution in [0, 0.1) is 5.82 Å². The van der Waals surface area contributed by atoms with Gasteiger partial charge in [0.15, 0.2) is 0 Å². The van der Waals surface area contributed by atoms with E-state index < -0.39 is 0 Å². The summed E-state index contributed by atoms with van der Waals surface area (Å²) in [5.74, 6) is 0.627. The Labute approximate surface area is 121 Å². The van der Waals surface area contributed by atoms with Crippen LogP contribution in [0.25, 0.3) is 20.9 Å². The van der Waals surface area contributed by atoms with Gasteiger partial charge in [0.25, 0.3) is 0 Å². The van der Waals surface area contributed by atoms with Crippen LogP contribution in [0.15, 0.2) is 60.7 Å². The molecule has 0 spiro atoms. The van der Waals surface area contributed by atoms with E-state index in [-0.39, 0.29) is 5.82 Å². The fourth-order valence-corrected chi connectivity index (χ4v) is 3.06. The Balaban J connectivity index is 1.97. The first-order valence-electron chi connectivity index (χ1n) is 6.26. The molecule has 3 rings (SSSR count). The van der Waals surface area contributed by atoms with Crippen LogP contribution >= 0.6 is 11.3 Å². The van der Waals surface area contributed by atoms with Gasteiger partial charge in [-0.15, -0.1) is 11.3 Å². The van der Waals surface area contributed by atoms with Crippen LogP contribution in [-0.4, -0.2) is 7.11 Å². The lowest BCUT2D eigenvalue weighted by Crippen LogP contribution is -1.81. The van der Waals surface area contributed by atoms with Crippen molar-refractivity contribution in [2.45, 2.75) is 0 Å². The molecular formula is C17H13FOS. The van der Waals surface area contributed by atoms with Gasteiger partial charge in [0.1, 0.15) is 11.6 Å². The summed E-state index contributed by atoms with van der Waals surface area (Å²) < 4.78 is 18.5. The second-order valence-electron chi connectivity index (χ2n) is 4.41. The zero-order valence-corrected chi connectivity index (χ0v) is 11.8. The van der Waals surface area contributed by atoms with Crippen LogP contribution in [-0.2, 0) is 0 Å². The molecule has 0 saturated heterocycles. The first-order chi connectivity index (χ1) is 9.76. The monoisotopic (exact) mass is 284 g/mol. The number of hydrogen-bond donors (Lipinski definition) is 0. The number of ether oxygens (including phenoxy) is 1. The van der Waals surface area contributed by atoms with Gasteiger partial charge in [-0.2, -0.15) is 0 Å². The lowest BCUT2D eigenvalue weighted by Gasteiger charge is -2.02. The van der Waals surface area contributed by atoms with Crippen molar-refractivity contribution in [2.24, 2.45) is 0 Å². The van der Waals surface area contributed by atoms with Gasteiger partial charge in [-0.1, -0.05) is 24.3 Å². The zero-order valence-electron chi connectivity index (χ0n) is 11.0. The molecule has 20 heavy (non-hydrogen) atoms. The van der Waals surface area contributed by atoms with E-state index >= 15 is 0 Å². The summed E-state index contributed by atoms with van der Waals surface area (Å²) in [5, 5.41) is 0. The number of hydrogen-bond acceptors (Lipinski definition) is 2. The molecule has 0 aliphatic carbocycles. The highest BCUT2D eigenvalue weighted by atomic mass is 32.1. The summed E-state index contributed by atoms with van der Waals surface area (Å²) in [4.78, 5) is 2.20. The molecule has 0 amide bonds. The van der Waals surface area contributed by atoms with Crippen LogP contribution in [0.2, 0.25) is 0 Å². The van der Waals surface area contributed by atoms with E-state index in [1.165, 1.54) is 6.07 Å². The molecule has 0 bridgehead atoms. The van der Waals surface area contributed by atoms with Gasteiger partial charge < -0.3 is 4.74 Å². The molecule has 2 aromatic carbocycles. The molecule has 3 heteroatoms. The molecule has 1 heterocycles. The molecule has 0 aliphatic rings. The average Bonchev–Trinajstić information content (AvgIpc) is 2.97. The SMILES string of the molecule is COc1cccc(-c2ccc(-c3cccc(F)c3)s2)c1. The van der Waals surface area contributed by atoms with E-state index in [0.29, 0.717) is 0 Å². The van der Waals surface area contributed by atoms with Crippen LogP contribution in [0.4, 0.5) is 4.39 Å². The number of methoxy groups -OCH3 is 1. The fraction of sp³-hybridized carbons (Fsp3) is 0.0588. The van der Waals surface area contributed by atoms with Crippen LogP contribution in [0.3, 0.4) is 0 Å². The second-order valence-corrected chi connectivity index (χ2v) is 5.49. The summed E-state index contributed by atoms with van der Waals surface area (Å²) in [5.41, 5.74) is 2.01. The molecule has 1 nitrogen and oxygen atoms in total. The minimum absolute atomic E-state index is 0.209. The van der Waals surface area contributed by atoms with Gasteiger partial charge in [-0.05, 0) is 47.5 Å². The van der Waals surface area contributed by atoms with Gasteiger partial charge in [-0.25, -0.2) is 4.39 Å². The van der Waals surface area contributed by atoms with Crippen molar-refractivity contribution in [3.63, 3.8) is 0 Å². The minimum Gasteiger partial charge on any atom is -0.497 e. The number of thiophene rings is 1. The van der Waals surface area contributed by atoms with Gasteiger partial charge >= 0.3 is 0 Å². The summed E-state index contributed by atoms with van der Waals surface area (Å²) in [6, 6.07) is 18.7. The van der Waals surface area contributed by atoms with Gasteiger partial charge in [-0.3, -0.25) is 0 Å². The molecule has 0 aliphatic heterocycles. The molecule has 0 saturated carbocycles. The molecule has 0 radical (unpaired) electrons. The zero-order chi connectivity index (χ0) is 13.9. The molecule has 0 N–H and O–H groups in total. The van der Waals surface area contributed by atoms with E-state index in [4.69, 9.17) is 4.74 Å². The summed E-state index contributed by atoms with van der Waals surface area (Å²) in [6.07, 6.45) is 0. The van der Waals surface area contributed by atoms with Gasteiger partial charge in [0.05, 0.1) is 7.11 Å². The lowest BCUT2D eigenvalue weighted by molar-refractivity contribution is 0.415. The van der Waals surface area contributed by atoms with E-state index in [2.05, 4.69) is 6.07 Å². The molecule has 0 unspecified atom stereocenters. The minimum atomic E-state index is -0.209. The normalized spacial score (nSPS) is 10.5. The third-order valence-electron chi connectivity index (χ3n) is 3.07. The standard InChI is InChI=1S/C17H13FOS/c1-19-15-7-3-5-13(11-15)17-9-8-16(20-17)12-4-2-6-14(18)10-12/h2-11H,1H3. The predicted octanol–water partition coefficient (Wildman–Crippen LogP) is 5.23.